The average Bonchev–Trinajstić information content (AvgIpc) is 2.49. The van der Waals surface area contributed by atoms with Gasteiger partial charge in [0.15, 0.2) is 0 Å². The van der Waals surface area contributed by atoms with Crippen molar-refractivity contribution in [2.75, 3.05) is 6.61 Å². The summed E-state index contributed by atoms with van der Waals surface area (Å²) in [5, 5.41) is 0. The summed E-state index contributed by atoms with van der Waals surface area (Å²) in [6, 6.07) is 6.85. The topological polar surface area (TPSA) is 26.3 Å². The average molecular weight is 314 g/mol. The minimum Gasteiger partial charge on any atom is -0.463 e. The summed E-state index contributed by atoms with van der Waals surface area (Å²) in [5.74, 6) is -0.0654. The number of rotatable bonds is 4. The molecule has 0 heterocycles. The van der Waals surface area contributed by atoms with Crippen molar-refractivity contribution in [2.24, 2.45) is 0 Å². The largest absolute Gasteiger partial charge is 0.463 e. The first-order valence-corrected chi connectivity index (χ1v) is 8.67. The van der Waals surface area contributed by atoms with Crippen molar-refractivity contribution < 1.29 is 9.53 Å². The second-order valence-electron chi connectivity index (χ2n) is 7.97. The Hall–Kier alpha value is -1.57. The van der Waals surface area contributed by atoms with E-state index in [4.69, 9.17) is 4.74 Å². The van der Waals surface area contributed by atoms with Crippen molar-refractivity contribution in [3.8, 4) is 0 Å². The highest BCUT2D eigenvalue weighted by Gasteiger charge is 2.36. The minimum absolute atomic E-state index is 0.200. The molecule has 2 rings (SSSR count). The number of hydrogen-bond donors (Lipinski definition) is 0. The molecule has 0 radical (unpaired) electrons. The standard InChI is InChI=1S/C21H30O2/c1-7-23-19(22)11-8-15(2)16-9-10-17-18(14-16)21(5,6)13-12-20(17,3)4/h8-11,14-15H,7,12-13H2,1-6H3/b11-8+. The second kappa shape index (κ2) is 6.51. The zero-order chi connectivity index (χ0) is 17.3. The zero-order valence-corrected chi connectivity index (χ0v) is 15.4. The molecular weight excluding hydrogens is 284 g/mol. The maximum Gasteiger partial charge on any atom is 0.330 e. The van der Waals surface area contributed by atoms with Crippen LogP contribution in [-0.4, -0.2) is 12.6 Å². The number of carbonyl (C=O) groups excluding carboxylic acids is 1. The van der Waals surface area contributed by atoms with Crippen LogP contribution in [0.2, 0.25) is 0 Å². The summed E-state index contributed by atoms with van der Waals surface area (Å²) in [6.45, 7) is 13.7. The van der Waals surface area contributed by atoms with Gasteiger partial charge in [-0.05, 0) is 53.2 Å². The third kappa shape index (κ3) is 3.85. The minimum atomic E-state index is -0.265. The van der Waals surface area contributed by atoms with E-state index in [2.05, 4.69) is 52.8 Å². The molecule has 0 spiro atoms. The highest BCUT2D eigenvalue weighted by Crippen LogP contribution is 2.46. The van der Waals surface area contributed by atoms with Crippen LogP contribution in [0.3, 0.4) is 0 Å². The number of hydrogen-bond acceptors (Lipinski definition) is 2. The molecular formula is C21H30O2. The molecule has 0 fully saturated rings. The highest BCUT2D eigenvalue weighted by atomic mass is 16.5. The lowest BCUT2D eigenvalue weighted by Crippen LogP contribution is -2.33. The van der Waals surface area contributed by atoms with Gasteiger partial charge in [0.05, 0.1) is 6.61 Å². The molecule has 0 saturated carbocycles. The first-order valence-electron chi connectivity index (χ1n) is 8.67. The monoisotopic (exact) mass is 314 g/mol. The first-order chi connectivity index (χ1) is 10.7. The molecule has 2 heteroatoms. The van der Waals surface area contributed by atoms with Gasteiger partial charge in [-0.3, -0.25) is 0 Å². The van der Waals surface area contributed by atoms with Crippen LogP contribution in [0.5, 0.6) is 0 Å². The molecule has 0 N–H and O–H groups in total. The molecule has 0 aliphatic heterocycles. The van der Waals surface area contributed by atoms with Crippen LogP contribution >= 0.6 is 0 Å². The van der Waals surface area contributed by atoms with Gasteiger partial charge in [-0.25, -0.2) is 4.79 Å². The van der Waals surface area contributed by atoms with E-state index >= 15 is 0 Å². The molecule has 1 aliphatic carbocycles. The molecule has 0 bridgehead atoms. The third-order valence-electron chi connectivity index (χ3n) is 5.21. The van der Waals surface area contributed by atoms with Crippen LogP contribution in [-0.2, 0) is 20.4 Å². The molecule has 1 aliphatic rings. The third-order valence-corrected chi connectivity index (χ3v) is 5.21. The predicted molar refractivity (Wildman–Crippen MR) is 95.9 cm³/mol. The van der Waals surface area contributed by atoms with Gasteiger partial charge in [0.25, 0.3) is 0 Å². The van der Waals surface area contributed by atoms with Crippen molar-refractivity contribution in [1.82, 2.24) is 0 Å². The van der Waals surface area contributed by atoms with Crippen molar-refractivity contribution >= 4 is 5.97 Å². The van der Waals surface area contributed by atoms with Gasteiger partial charge in [0.2, 0.25) is 0 Å². The van der Waals surface area contributed by atoms with Crippen molar-refractivity contribution in [1.29, 1.82) is 0 Å². The normalized spacial score (nSPS) is 20.1. The Morgan fingerprint density at radius 2 is 1.78 bits per heavy atom. The molecule has 1 atom stereocenters. The zero-order valence-electron chi connectivity index (χ0n) is 15.4. The number of allylic oxidation sites excluding steroid dienone is 1. The van der Waals surface area contributed by atoms with E-state index in [1.165, 1.54) is 29.5 Å². The van der Waals surface area contributed by atoms with Gasteiger partial charge < -0.3 is 4.74 Å². The second-order valence-corrected chi connectivity index (χ2v) is 7.97. The summed E-state index contributed by atoms with van der Waals surface area (Å²) in [6.07, 6.45) is 5.91. The van der Waals surface area contributed by atoms with Gasteiger partial charge in [-0.2, -0.15) is 0 Å². The Kier molecular flexibility index (Phi) is 5.03. The van der Waals surface area contributed by atoms with Crippen molar-refractivity contribution in [3.05, 3.63) is 47.0 Å². The van der Waals surface area contributed by atoms with Gasteiger partial charge in [-0.15, -0.1) is 0 Å². The van der Waals surface area contributed by atoms with Crippen LogP contribution in [0.1, 0.15) is 77.0 Å². The smallest absolute Gasteiger partial charge is 0.330 e. The van der Waals surface area contributed by atoms with Crippen molar-refractivity contribution in [3.63, 3.8) is 0 Å². The van der Waals surface area contributed by atoms with Gasteiger partial charge in [0.1, 0.15) is 0 Å². The molecule has 126 valence electrons. The van der Waals surface area contributed by atoms with E-state index in [0.29, 0.717) is 6.61 Å². The summed E-state index contributed by atoms with van der Waals surface area (Å²) in [5.41, 5.74) is 4.65. The number of fused-ring (bicyclic) bond motifs is 1. The van der Waals surface area contributed by atoms with E-state index in [-0.39, 0.29) is 22.7 Å². The Bertz CT molecular complexity index is 608. The van der Waals surface area contributed by atoms with Crippen LogP contribution in [0.25, 0.3) is 0 Å². The molecule has 23 heavy (non-hydrogen) atoms. The Labute approximate surface area is 140 Å². The highest BCUT2D eigenvalue weighted by molar-refractivity contribution is 5.82. The van der Waals surface area contributed by atoms with Crippen LogP contribution in [0, 0.1) is 0 Å². The fourth-order valence-electron chi connectivity index (χ4n) is 3.41. The Morgan fingerprint density at radius 3 is 2.39 bits per heavy atom. The predicted octanol–water partition coefficient (Wildman–Crippen LogP) is 5.26. The van der Waals surface area contributed by atoms with Crippen LogP contribution < -0.4 is 0 Å². The first kappa shape index (κ1) is 17.8. The lowest BCUT2D eigenvalue weighted by atomic mass is 9.63. The van der Waals surface area contributed by atoms with Gasteiger partial charge in [-0.1, -0.05) is 58.9 Å². The van der Waals surface area contributed by atoms with Crippen LogP contribution in [0.4, 0.5) is 0 Å². The molecule has 0 amide bonds. The summed E-state index contributed by atoms with van der Waals surface area (Å²) in [4.78, 5) is 11.5. The van der Waals surface area contributed by atoms with Crippen LogP contribution in [0.15, 0.2) is 30.4 Å². The molecule has 2 nitrogen and oxygen atoms in total. The van der Waals surface area contributed by atoms with E-state index in [1.807, 2.05) is 13.0 Å². The summed E-state index contributed by atoms with van der Waals surface area (Å²) in [7, 11) is 0. The van der Waals surface area contributed by atoms with E-state index in [1.54, 1.807) is 6.08 Å². The van der Waals surface area contributed by atoms with Gasteiger partial charge >= 0.3 is 5.97 Å². The Morgan fingerprint density at radius 1 is 1.17 bits per heavy atom. The molecule has 1 unspecified atom stereocenters. The number of esters is 1. The number of benzene rings is 1. The number of ether oxygens (including phenoxy) is 1. The SMILES string of the molecule is CCOC(=O)/C=C/C(C)c1ccc2c(c1)C(C)(C)CCC2(C)C. The maximum atomic E-state index is 11.5. The van der Waals surface area contributed by atoms with Gasteiger partial charge in [0, 0.05) is 6.08 Å². The lowest BCUT2D eigenvalue weighted by Gasteiger charge is -2.42. The molecule has 0 aromatic heterocycles. The summed E-state index contributed by atoms with van der Waals surface area (Å²) < 4.78 is 4.95. The quantitative estimate of drug-likeness (QED) is 0.560. The summed E-state index contributed by atoms with van der Waals surface area (Å²) >= 11 is 0. The van der Waals surface area contributed by atoms with E-state index in [0.717, 1.165) is 0 Å². The van der Waals surface area contributed by atoms with E-state index in [9.17, 15) is 4.79 Å². The molecule has 0 saturated heterocycles. The molecule has 1 aromatic rings. The maximum absolute atomic E-state index is 11.5. The fourth-order valence-corrected chi connectivity index (χ4v) is 3.41. The Balaban J connectivity index is 2.31. The molecule has 1 aromatic carbocycles. The lowest BCUT2D eigenvalue weighted by molar-refractivity contribution is -0.137. The van der Waals surface area contributed by atoms with E-state index < -0.39 is 0 Å². The number of carbonyl (C=O) groups is 1. The van der Waals surface area contributed by atoms with Crippen molar-refractivity contribution in [2.45, 2.75) is 71.1 Å². The fraction of sp³-hybridized carbons (Fsp3) is 0.571.